The Morgan fingerprint density at radius 3 is 2.65 bits per heavy atom. The first-order valence-corrected chi connectivity index (χ1v) is 6.61. The Morgan fingerprint density at radius 2 is 1.90 bits per heavy atom. The van der Waals surface area contributed by atoms with Crippen molar-refractivity contribution in [3.8, 4) is 0 Å². The lowest BCUT2D eigenvalue weighted by Gasteiger charge is -2.34. The maximum atomic E-state index is 12.1. The van der Waals surface area contributed by atoms with Crippen LogP contribution >= 0.6 is 0 Å². The average Bonchev–Trinajstić information content (AvgIpc) is 2.44. The number of carbonyl (C=O) groups excluding carboxylic acids is 1. The molecule has 0 aliphatic carbocycles. The minimum Gasteiger partial charge on any atom is -0.369 e. The van der Waals surface area contributed by atoms with Crippen molar-refractivity contribution in [2.45, 2.75) is 18.9 Å². The smallest absolute Gasteiger partial charge is 0.231 e. The highest BCUT2D eigenvalue weighted by molar-refractivity contribution is 5.99. The van der Waals surface area contributed by atoms with E-state index in [1.54, 1.807) is 7.05 Å². The van der Waals surface area contributed by atoms with Crippen LogP contribution in [0.25, 0.3) is 10.8 Å². The lowest BCUT2D eigenvalue weighted by Crippen LogP contribution is -2.47. The molecule has 0 saturated heterocycles. The summed E-state index contributed by atoms with van der Waals surface area (Å²) in [6.07, 6.45) is 0.332. The molecule has 1 amide bonds. The van der Waals surface area contributed by atoms with Crippen LogP contribution in [0.4, 0.5) is 0 Å². The van der Waals surface area contributed by atoms with Crippen molar-refractivity contribution >= 4 is 22.6 Å². The number of guanidine groups is 1. The van der Waals surface area contributed by atoms with Crippen molar-refractivity contribution in [1.82, 2.24) is 4.90 Å². The predicted molar refractivity (Wildman–Crippen MR) is 80.3 cm³/mol. The van der Waals surface area contributed by atoms with E-state index in [2.05, 4.69) is 23.2 Å². The van der Waals surface area contributed by atoms with Crippen molar-refractivity contribution in [2.24, 2.45) is 10.7 Å². The molecule has 20 heavy (non-hydrogen) atoms. The normalized spacial score (nSPS) is 23.0. The van der Waals surface area contributed by atoms with Gasteiger partial charge in [0, 0.05) is 7.05 Å². The van der Waals surface area contributed by atoms with E-state index in [0.29, 0.717) is 6.42 Å². The summed E-state index contributed by atoms with van der Waals surface area (Å²) in [5.74, 6) is 0.268. The van der Waals surface area contributed by atoms with Gasteiger partial charge in [-0.1, -0.05) is 42.5 Å². The molecule has 1 aliphatic heterocycles. The fraction of sp³-hybridized carbons (Fsp3) is 0.250. The molecule has 0 bridgehead atoms. The second kappa shape index (κ2) is 4.34. The molecule has 0 aromatic heterocycles. The van der Waals surface area contributed by atoms with E-state index in [0.717, 1.165) is 16.3 Å². The van der Waals surface area contributed by atoms with E-state index < -0.39 is 5.54 Å². The largest absolute Gasteiger partial charge is 0.369 e. The molecular weight excluding hydrogens is 250 g/mol. The lowest BCUT2D eigenvalue weighted by atomic mass is 9.84. The number of benzene rings is 2. The minimum absolute atomic E-state index is 0.00654. The van der Waals surface area contributed by atoms with Gasteiger partial charge in [0.05, 0.1) is 12.0 Å². The van der Waals surface area contributed by atoms with E-state index in [4.69, 9.17) is 5.73 Å². The summed E-state index contributed by atoms with van der Waals surface area (Å²) in [5, 5.41) is 2.26. The molecule has 1 atom stereocenters. The summed E-state index contributed by atoms with van der Waals surface area (Å²) < 4.78 is 0. The van der Waals surface area contributed by atoms with Gasteiger partial charge in [-0.25, -0.2) is 4.99 Å². The monoisotopic (exact) mass is 267 g/mol. The highest BCUT2D eigenvalue weighted by Crippen LogP contribution is 2.36. The lowest BCUT2D eigenvalue weighted by molar-refractivity contribution is -0.128. The molecule has 4 nitrogen and oxygen atoms in total. The van der Waals surface area contributed by atoms with Crippen molar-refractivity contribution in [1.29, 1.82) is 0 Å². The van der Waals surface area contributed by atoms with Crippen LogP contribution in [0.1, 0.15) is 18.9 Å². The number of fused-ring (bicyclic) bond motifs is 1. The third-order valence-electron chi connectivity index (χ3n) is 3.94. The highest BCUT2D eigenvalue weighted by Gasteiger charge is 2.36. The number of carbonyl (C=O) groups is 1. The molecule has 2 N–H and O–H groups in total. The Balaban J connectivity index is 2.22. The van der Waals surface area contributed by atoms with E-state index in [1.807, 2.05) is 31.2 Å². The van der Waals surface area contributed by atoms with Crippen LogP contribution in [0, 0.1) is 0 Å². The fourth-order valence-corrected chi connectivity index (χ4v) is 2.76. The zero-order chi connectivity index (χ0) is 14.3. The van der Waals surface area contributed by atoms with E-state index in [1.165, 1.54) is 4.90 Å². The van der Waals surface area contributed by atoms with Gasteiger partial charge in [0.15, 0.2) is 5.96 Å². The first kappa shape index (κ1) is 12.7. The topological polar surface area (TPSA) is 58.7 Å². The zero-order valence-corrected chi connectivity index (χ0v) is 11.6. The number of amides is 1. The standard InChI is InChI=1S/C16H17N3O/c1-16(10-14(20)19(2)15(17)18-16)13-9-5-7-11-6-3-4-8-12(11)13/h3-9H,10H2,1-2H3,(H2,17,18). The quantitative estimate of drug-likeness (QED) is 0.861. The van der Waals surface area contributed by atoms with Crippen LogP contribution in [-0.4, -0.2) is 23.8 Å². The number of rotatable bonds is 1. The molecule has 3 rings (SSSR count). The summed E-state index contributed by atoms with van der Waals surface area (Å²) in [5.41, 5.74) is 6.32. The van der Waals surface area contributed by atoms with Gasteiger partial charge < -0.3 is 5.73 Å². The molecule has 1 heterocycles. The second-order valence-electron chi connectivity index (χ2n) is 5.40. The van der Waals surface area contributed by atoms with Gasteiger partial charge in [-0.05, 0) is 23.3 Å². The maximum Gasteiger partial charge on any atom is 0.231 e. The van der Waals surface area contributed by atoms with E-state index in [9.17, 15) is 4.79 Å². The maximum absolute atomic E-state index is 12.1. The molecule has 4 heteroatoms. The first-order valence-electron chi connectivity index (χ1n) is 6.61. The molecular formula is C16H17N3O. The number of nitrogens with two attached hydrogens (primary N) is 1. The minimum atomic E-state index is -0.603. The second-order valence-corrected chi connectivity index (χ2v) is 5.40. The van der Waals surface area contributed by atoms with Crippen LogP contribution in [0.3, 0.4) is 0 Å². The van der Waals surface area contributed by atoms with Crippen molar-refractivity contribution < 1.29 is 4.79 Å². The Kier molecular flexibility index (Phi) is 2.74. The van der Waals surface area contributed by atoms with Crippen LogP contribution in [0.5, 0.6) is 0 Å². The number of aliphatic imine (C=N–C) groups is 1. The Labute approximate surface area is 117 Å². The molecule has 0 saturated carbocycles. The Morgan fingerprint density at radius 1 is 1.20 bits per heavy atom. The SMILES string of the molecule is CN1C(=O)CC(C)(c2cccc3ccccc23)N=C1N. The molecule has 0 spiro atoms. The van der Waals surface area contributed by atoms with Gasteiger partial charge >= 0.3 is 0 Å². The van der Waals surface area contributed by atoms with Crippen molar-refractivity contribution in [3.05, 3.63) is 48.0 Å². The van der Waals surface area contributed by atoms with Crippen molar-refractivity contribution in [2.75, 3.05) is 7.05 Å². The Hall–Kier alpha value is -2.36. The highest BCUT2D eigenvalue weighted by atomic mass is 16.2. The molecule has 102 valence electrons. The zero-order valence-electron chi connectivity index (χ0n) is 11.6. The summed E-state index contributed by atoms with van der Waals surface area (Å²) in [4.78, 5) is 18.1. The molecule has 2 aromatic rings. The van der Waals surface area contributed by atoms with Crippen LogP contribution < -0.4 is 5.73 Å². The summed E-state index contributed by atoms with van der Waals surface area (Å²) in [6.45, 7) is 1.96. The van der Waals surface area contributed by atoms with Crippen molar-refractivity contribution in [3.63, 3.8) is 0 Å². The van der Waals surface area contributed by atoms with Crippen LogP contribution in [-0.2, 0) is 10.3 Å². The van der Waals surface area contributed by atoms with Crippen LogP contribution in [0.2, 0.25) is 0 Å². The molecule has 1 unspecified atom stereocenters. The predicted octanol–water partition coefficient (Wildman–Crippen LogP) is 2.23. The number of hydrogen-bond acceptors (Lipinski definition) is 3. The van der Waals surface area contributed by atoms with Gasteiger partial charge in [-0.15, -0.1) is 0 Å². The fourth-order valence-electron chi connectivity index (χ4n) is 2.76. The van der Waals surface area contributed by atoms with Gasteiger partial charge in [-0.3, -0.25) is 9.69 Å². The van der Waals surface area contributed by atoms with E-state index in [-0.39, 0.29) is 11.9 Å². The first-order chi connectivity index (χ1) is 9.51. The molecule has 1 aliphatic rings. The Bertz CT molecular complexity index is 717. The van der Waals surface area contributed by atoms with E-state index >= 15 is 0 Å². The molecule has 0 radical (unpaired) electrons. The number of hydrogen-bond donors (Lipinski definition) is 1. The van der Waals surface area contributed by atoms with Gasteiger partial charge in [-0.2, -0.15) is 0 Å². The number of nitrogens with zero attached hydrogens (tertiary/aromatic N) is 2. The molecule has 2 aromatic carbocycles. The summed E-state index contributed by atoms with van der Waals surface area (Å²) >= 11 is 0. The van der Waals surface area contributed by atoms with Gasteiger partial charge in [0.2, 0.25) is 5.91 Å². The summed E-state index contributed by atoms with van der Waals surface area (Å²) in [6, 6.07) is 14.2. The summed E-state index contributed by atoms with van der Waals surface area (Å²) in [7, 11) is 1.66. The molecule has 0 fully saturated rings. The third kappa shape index (κ3) is 1.84. The van der Waals surface area contributed by atoms with Gasteiger partial charge in [0.1, 0.15) is 0 Å². The third-order valence-corrected chi connectivity index (χ3v) is 3.94. The van der Waals surface area contributed by atoms with Gasteiger partial charge in [0.25, 0.3) is 0 Å². The average molecular weight is 267 g/mol. The van der Waals surface area contributed by atoms with Crippen LogP contribution in [0.15, 0.2) is 47.5 Å².